The quantitative estimate of drug-likeness (QED) is 0.903. The van der Waals surface area contributed by atoms with E-state index in [2.05, 4.69) is 21.2 Å². The average Bonchev–Trinajstić information content (AvgIpc) is 2.40. The molecule has 0 saturated carbocycles. The molecule has 0 heterocycles. The Morgan fingerprint density at radius 2 is 2.05 bits per heavy atom. The topological polar surface area (TPSA) is 49.4 Å². The summed E-state index contributed by atoms with van der Waals surface area (Å²) in [5.41, 5.74) is 1.67. The Kier molecular flexibility index (Phi) is 6.02. The number of carbonyl (C=O) groups is 2. The van der Waals surface area contributed by atoms with E-state index in [0.29, 0.717) is 12.1 Å². The van der Waals surface area contributed by atoms with Gasteiger partial charge in [0.1, 0.15) is 0 Å². The van der Waals surface area contributed by atoms with Crippen molar-refractivity contribution in [2.45, 2.75) is 20.3 Å². The summed E-state index contributed by atoms with van der Waals surface area (Å²) in [5, 5.41) is 2.54. The molecule has 1 rings (SSSR count). The van der Waals surface area contributed by atoms with Crippen molar-refractivity contribution in [3.05, 3.63) is 33.8 Å². The number of aryl methyl sites for hydroxylation is 1. The highest BCUT2D eigenvalue weighted by Gasteiger charge is 2.18. The molecule has 1 aromatic carbocycles. The molecule has 19 heavy (non-hydrogen) atoms. The zero-order valence-electron chi connectivity index (χ0n) is 11.5. The van der Waals surface area contributed by atoms with Crippen LogP contribution in [-0.4, -0.2) is 36.9 Å². The number of rotatable bonds is 5. The molecule has 0 unspecified atom stereocenters. The molecule has 1 aromatic rings. The van der Waals surface area contributed by atoms with E-state index in [4.69, 9.17) is 0 Å². The maximum absolute atomic E-state index is 12.4. The number of benzene rings is 1. The number of nitrogens with zero attached hydrogens (tertiary/aromatic N) is 1. The van der Waals surface area contributed by atoms with Gasteiger partial charge in [-0.05, 0) is 31.0 Å². The largest absolute Gasteiger partial charge is 0.358 e. The van der Waals surface area contributed by atoms with Gasteiger partial charge in [0.05, 0.1) is 6.54 Å². The molecule has 104 valence electrons. The van der Waals surface area contributed by atoms with Gasteiger partial charge in [0.25, 0.3) is 5.91 Å². The first-order valence-electron chi connectivity index (χ1n) is 6.25. The lowest BCUT2D eigenvalue weighted by Gasteiger charge is -2.21. The third-order valence-electron chi connectivity index (χ3n) is 2.81. The van der Waals surface area contributed by atoms with Crippen molar-refractivity contribution < 1.29 is 9.59 Å². The average molecular weight is 327 g/mol. The van der Waals surface area contributed by atoms with Crippen LogP contribution in [0, 0.1) is 6.92 Å². The standard InChI is InChI=1S/C14H19BrN2O2/c1-4-7-17(9-13(18)16-3)14(19)11-6-5-10(2)12(15)8-11/h5-6,8H,4,7,9H2,1-3H3,(H,16,18). The summed E-state index contributed by atoms with van der Waals surface area (Å²) in [5.74, 6) is -0.279. The molecule has 0 atom stereocenters. The fourth-order valence-corrected chi connectivity index (χ4v) is 2.06. The van der Waals surface area contributed by atoms with E-state index in [0.717, 1.165) is 16.5 Å². The Labute approximate surface area is 122 Å². The number of nitrogens with one attached hydrogen (secondary N) is 1. The first-order valence-corrected chi connectivity index (χ1v) is 7.04. The predicted octanol–water partition coefficient (Wildman–Crippen LogP) is 2.36. The van der Waals surface area contributed by atoms with E-state index >= 15 is 0 Å². The molecular weight excluding hydrogens is 308 g/mol. The van der Waals surface area contributed by atoms with Crippen molar-refractivity contribution in [2.75, 3.05) is 20.1 Å². The maximum atomic E-state index is 12.4. The molecule has 0 aromatic heterocycles. The highest BCUT2D eigenvalue weighted by molar-refractivity contribution is 9.10. The van der Waals surface area contributed by atoms with Crippen LogP contribution in [0.5, 0.6) is 0 Å². The lowest BCUT2D eigenvalue weighted by molar-refractivity contribution is -0.121. The second kappa shape index (κ2) is 7.28. The first kappa shape index (κ1) is 15.7. The highest BCUT2D eigenvalue weighted by atomic mass is 79.9. The van der Waals surface area contributed by atoms with Crippen LogP contribution in [0.15, 0.2) is 22.7 Å². The van der Waals surface area contributed by atoms with Gasteiger partial charge in [0, 0.05) is 23.6 Å². The number of carbonyl (C=O) groups excluding carboxylic acids is 2. The zero-order valence-corrected chi connectivity index (χ0v) is 13.1. The summed E-state index contributed by atoms with van der Waals surface area (Å²) in [6.07, 6.45) is 0.815. The van der Waals surface area contributed by atoms with E-state index in [-0.39, 0.29) is 18.4 Å². The smallest absolute Gasteiger partial charge is 0.254 e. The van der Waals surface area contributed by atoms with Crippen molar-refractivity contribution in [3.8, 4) is 0 Å². The van der Waals surface area contributed by atoms with Crippen LogP contribution >= 0.6 is 15.9 Å². The number of hydrogen-bond acceptors (Lipinski definition) is 2. The van der Waals surface area contributed by atoms with Gasteiger partial charge in [-0.3, -0.25) is 9.59 Å². The van der Waals surface area contributed by atoms with Crippen molar-refractivity contribution in [1.82, 2.24) is 10.2 Å². The molecule has 0 aliphatic heterocycles. The van der Waals surface area contributed by atoms with Crippen LogP contribution in [0.3, 0.4) is 0 Å². The van der Waals surface area contributed by atoms with Gasteiger partial charge in [-0.15, -0.1) is 0 Å². The van der Waals surface area contributed by atoms with Crippen LogP contribution in [0.4, 0.5) is 0 Å². The van der Waals surface area contributed by atoms with Crippen molar-refractivity contribution >= 4 is 27.7 Å². The monoisotopic (exact) mass is 326 g/mol. The van der Waals surface area contributed by atoms with Crippen molar-refractivity contribution in [3.63, 3.8) is 0 Å². The molecule has 2 amide bonds. The van der Waals surface area contributed by atoms with Gasteiger partial charge in [-0.1, -0.05) is 28.9 Å². The molecule has 4 nitrogen and oxygen atoms in total. The van der Waals surface area contributed by atoms with Gasteiger partial charge < -0.3 is 10.2 Å². The van der Waals surface area contributed by atoms with Crippen LogP contribution in [0.1, 0.15) is 29.3 Å². The Morgan fingerprint density at radius 3 is 2.58 bits per heavy atom. The minimum Gasteiger partial charge on any atom is -0.358 e. The summed E-state index contributed by atoms with van der Waals surface area (Å²) in [6.45, 7) is 4.61. The molecule has 0 bridgehead atoms. The molecule has 0 aliphatic rings. The summed E-state index contributed by atoms with van der Waals surface area (Å²) < 4.78 is 0.898. The summed E-state index contributed by atoms with van der Waals surface area (Å²) >= 11 is 3.42. The lowest BCUT2D eigenvalue weighted by Crippen LogP contribution is -2.40. The second-order valence-corrected chi connectivity index (χ2v) is 5.22. The van der Waals surface area contributed by atoms with E-state index < -0.39 is 0 Å². The lowest BCUT2D eigenvalue weighted by atomic mass is 10.1. The fraction of sp³-hybridized carbons (Fsp3) is 0.429. The summed E-state index contributed by atoms with van der Waals surface area (Å²) in [4.78, 5) is 25.4. The molecular formula is C14H19BrN2O2. The second-order valence-electron chi connectivity index (χ2n) is 4.36. The minimum absolute atomic E-state index is 0.0919. The Balaban J connectivity index is 2.91. The van der Waals surface area contributed by atoms with Gasteiger partial charge in [0.2, 0.25) is 5.91 Å². The fourth-order valence-electron chi connectivity index (χ4n) is 1.68. The minimum atomic E-state index is -0.159. The summed E-state index contributed by atoms with van der Waals surface area (Å²) in [6, 6.07) is 5.47. The van der Waals surface area contributed by atoms with Crippen LogP contribution in [-0.2, 0) is 4.79 Å². The first-order chi connectivity index (χ1) is 8.99. The van der Waals surface area contributed by atoms with Gasteiger partial charge in [-0.2, -0.15) is 0 Å². The van der Waals surface area contributed by atoms with Crippen molar-refractivity contribution in [1.29, 1.82) is 0 Å². The van der Waals surface area contributed by atoms with Crippen LogP contribution in [0.2, 0.25) is 0 Å². The molecule has 0 aliphatic carbocycles. The zero-order chi connectivity index (χ0) is 14.4. The van der Waals surface area contributed by atoms with Gasteiger partial charge >= 0.3 is 0 Å². The van der Waals surface area contributed by atoms with E-state index in [9.17, 15) is 9.59 Å². The molecule has 0 radical (unpaired) electrons. The number of hydrogen-bond donors (Lipinski definition) is 1. The predicted molar refractivity (Wildman–Crippen MR) is 79.1 cm³/mol. The van der Waals surface area contributed by atoms with Gasteiger partial charge in [0.15, 0.2) is 0 Å². The number of likely N-dealkylation sites (N-methyl/N-ethyl adjacent to an activating group) is 1. The normalized spacial score (nSPS) is 10.1. The van der Waals surface area contributed by atoms with E-state index in [1.54, 1.807) is 24.1 Å². The number of halogens is 1. The van der Waals surface area contributed by atoms with Crippen LogP contribution in [0.25, 0.3) is 0 Å². The summed E-state index contributed by atoms with van der Waals surface area (Å²) in [7, 11) is 1.57. The third kappa shape index (κ3) is 4.35. The molecule has 1 N–H and O–H groups in total. The van der Waals surface area contributed by atoms with Crippen LogP contribution < -0.4 is 5.32 Å². The molecule has 0 spiro atoms. The number of amides is 2. The maximum Gasteiger partial charge on any atom is 0.254 e. The molecule has 5 heteroatoms. The molecule has 0 fully saturated rings. The van der Waals surface area contributed by atoms with E-state index in [1.807, 2.05) is 19.9 Å². The van der Waals surface area contributed by atoms with Gasteiger partial charge in [-0.25, -0.2) is 0 Å². The highest BCUT2D eigenvalue weighted by Crippen LogP contribution is 2.18. The molecule has 0 saturated heterocycles. The Morgan fingerprint density at radius 1 is 1.37 bits per heavy atom. The van der Waals surface area contributed by atoms with Crippen molar-refractivity contribution in [2.24, 2.45) is 0 Å². The third-order valence-corrected chi connectivity index (χ3v) is 3.67. The Bertz CT molecular complexity index is 475. The Hall–Kier alpha value is -1.36. The van der Waals surface area contributed by atoms with E-state index in [1.165, 1.54) is 0 Å². The SMILES string of the molecule is CCCN(CC(=O)NC)C(=O)c1ccc(C)c(Br)c1.